The largest absolute Gasteiger partial charge is 0.377 e. The molecule has 5 heteroatoms. The molecule has 0 saturated carbocycles. The van der Waals surface area contributed by atoms with Crippen LogP contribution in [0.2, 0.25) is 0 Å². The first kappa shape index (κ1) is 15.7. The molecule has 2 aliphatic heterocycles. The number of nitrogens with one attached hydrogen (secondary N) is 1. The summed E-state index contributed by atoms with van der Waals surface area (Å²) in [6.45, 7) is 12.3. The van der Waals surface area contributed by atoms with Gasteiger partial charge in [-0.1, -0.05) is 0 Å². The van der Waals surface area contributed by atoms with E-state index in [9.17, 15) is 4.79 Å². The molecule has 1 atom stereocenters. The number of rotatable bonds is 4. The minimum Gasteiger partial charge on any atom is -0.377 e. The van der Waals surface area contributed by atoms with Crippen LogP contribution in [-0.4, -0.2) is 73.2 Å². The van der Waals surface area contributed by atoms with Gasteiger partial charge in [0, 0.05) is 45.9 Å². The standard InChI is InChI=1S/C15H29N3O2/c1-4-20-13-6-5-9-17(12-13)14(19)15(2,3)18-10-7-16-8-11-18/h13,16H,4-12H2,1-3H3. The van der Waals surface area contributed by atoms with E-state index in [2.05, 4.69) is 24.1 Å². The number of nitrogens with zero attached hydrogens (tertiary/aromatic N) is 2. The van der Waals surface area contributed by atoms with Crippen LogP contribution in [0, 0.1) is 0 Å². The molecule has 0 aromatic rings. The maximum absolute atomic E-state index is 12.9. The first-order valence-electron chi connectivity index (χ1n) is 7.92. The van der Waals surface area contributed by atoms with E-state index in [1.165, 1.54) is 0 Å². The highest BCUT2D eigenvalue weighted by atomic mass is 16.5. The van der Waals surface area contributed by atoms with Crippen molar-refractivity contribution in [2.75, 3.05) is 45.9 Å². The highest BCUT2D eigenvalue weighted by Gasteiger charge is 2.39. The monoisotopic (exact) mass is 283 g/mol. The zero-order valence-electron chi connectivity index (χ0n) is 13.2. The van der Waals surface area contributed by atoms with Gasteiger partial charge < -0.3 is 15.0 Å². The van der Waals surface area contributed by atoms with Gasteiger partial charge in [-0.3, -0.25) is 9.69 Å². The second-order valence-corrected chi connectivity index (χ2v) is 6.27. The molecule has 1 unspecified atom stereocenters. The fraction of sp³-hybridized carbons (Fsp3) is 0.933. The number of hydrogen-bond donors (Lipinski definition) is 1. The average Bonchev–Trinajstić information content (AvgIpc) is 2.48. The third-order valence-electron chi connectivity index (χ3n) is 4.50. The number of piperazine rings is 1. The summed E-state index contributed by atoms with van der Waals surface area (Å²) in [5, 5.41) is 3.34. The highest BCUT2D eigenvalue weighted by Crippen LogP contribution is 2.22. The summed E-state index contributed by atoms with van der Waals surface area (Å²) in [6.07, 6.45) is 2.34. The fourth-order valence-corrected chi connectivity index (χ4v) is 3.24. The van der Waals surface area contributed by atoms with Crippen LogP contribution in [0.5, 0.6) is 0 Å². The molecule has 0 aromatic carbocycles. The van der Waals surface area contributed by atoms with Crippen molar-refractivity contribution in [2.24, 2.45) is 0 Å². The van der Waals surface area contributed by atoms with Crippen molar-refractivity contribution in [1.82, 2.24) is 15.1 Å². The van der Waals surface area contributed by atoms with Gasteiger partial charge in [-0.05, 0) is 33.6 Å². The Kier molecular flexibility index (Phi) is 5.41. The quantitative estimate of drug-likeness (QED) is 0.825. The van der Waals surface area contributed by atoms with E-state index in [1.807, 2.05) is 11.8 Å². The van der Waals surface area contributed by atoms with Crippen molar-refractivity contribution in [3.63, 3.8) is 0 Å². The number of carbonyl (C=O) groups is 1. The van der Waals surface area contributed by atoms with Crippen LogP contribution >= 0.6 is 0 Å². The van der Waals surface area contributed by atoms with E-state index >= 15 is 0 Å². The van der Waals surface area contributed by atoms with Gasteiger partial charge in [0.2, 0.25) is 5.91 Å². The van der Waals surface area contributed by atoms with Gasteiger partial charge in [0.1, 0.15) is 0 Å². The topological polar surface area (TPSA) is 44.8 Å². The van der Waals surface area contributed by atoms with Gasteiger partial charge in [0.15, 0.2) is 0 Å². The summed E-state index contributed by atoms with van der Waals surface area (Å²) in [6, 6.07) is 0. The summed E-state index contributed by atoms with van der Waals surface area (Å²) in [5.41, 5.74) is -0.407. The summed E-state index contributed by atoms with van der Waals surface area (Å²) in [7, 11) is 0. The Hall–Kier alpha value is -0.650. The lowest BCUT2D eigenvalue weighted by Crippen LogP contribution is -2.62. The molecule has 0 spiro atoms. The molecule has 0 radical (unpaired) electrons. The second kappa shape index (κ2) is 6.87. The van der Waals surface area contributed by atoms with Crippen molar-refractivity contribution in [3.05, 3.63) is 0 Å². The number of hydrogen-bond acceptors (Lipinski definition) is 4. The first-order chi connectivity index (χ1) is 9.55. The Morgan fingerprint density at radius 1 is 1.30 bits per heavy atom. The Labute approximate surface area is 122 Å². The van der Waals surface area contributed by atoms with Gasteiger partial charge in [-0.2, -0.15) is 0 Å². The number of piperidine rings is 1. The lowest BCUT2D eigenvalue weighted by Gasteiger charge is -2.44. The van der Waals surface area contributed by atoms with E-state index in [1.54, 1.807) is 0 Å². The van der Waals surface area contributed by atoms with Crippen molar-refractivity contribution in [1.29, 1.82) is 0 Å². The van der Waals surface area contributed by atoms with Gasteiger partial charge in [0.25, 0.3) is 0 Å². The molecule has 2 fully saturated rings. The summed E-state index contributed by atoms with van der Waals surface area (Å²) < 4.78 is 5.70. The maximum atomic E-state index is 12.9. The number of carbonyl (C=O) groups excluding carboxylic acids is 1. The van der Waals surface area contributed by atoms with Crippen LogP contribution < -0.4 is 5.32 Å². The van der Waals surface area contributed by atoms with Crippen molar-refractivity contribution in [3.8, 4) is 0 Å². The first-order valence-corrected chi connectivity index (χ1v) is 7.92. The van der Waals surface area contributed by atoms with Crippen LogP contribution in [0.1, 0.15) is 33.6 Å². The molecule has 0 aliphatic carbocycles. The van der Waals surface area contributed by atoms with Crippen LogP contribution in [-0.2, 0) is 9.53 Å². The van der Waals surface area contributed by atoms with Crippen LogP contribution in [0.3, 0.4) is 0 Å². The van der Waals surface area contributed by atoms with Gasteiger partial charge >= 0.3 is 0 Å². The normalized spacial score (nSPS) is 25.8. The molecule has 2 heterocycles. The lowest BCUT2D eigenvalue weighted by atomic mass is 9.97. The minimum absolute atomic E-state index is 0.219. The number of ether oxygens (including phenoxy) is 1. The Balaban J connectivity index is 1.97. The number of amides is 1. The molecule has 0 bridgehead atoms. The molecule has 2 aliphatic rings. The third kappa shape index (κ3) is 3.51. The van der Waals surface area contributed by atoms with Crippen LogP contribution in [0.25, 0.3) is 0 Å². The Bertz CT molecular complexity index is 325. The molecule has 116 valence electrons. The van der Waals surface area contributed by atoms with E-state index < -0.39 is 5.54 Å². The molecular weight excluding hydrogens is 254 g/mol. The van der Waals surface area contributed by atoms with Crippen molar-refractivity contribution in [2.45, 2.75) is 45.3 Å². The summed E-state index contributed by atoms with van der Waals surface area (Å²) in [4.78, 5) is 17.2. The highest BCUT2D eigenvalue weighted by molar-refractivity contribution is 5.85. The fourth-order valence-electron chi connectivity index (χ4n) is 3.24. The number of likely N-dealkylation sites (tertiary alicyclic amines) is 1. The van der Waals surface area contributed by atoms with Crippen LogP contribution in [0.15, 0.2) is 0 Å². The predicted molar refractivity (Wildman–Crippen MR) is 79.7 cm³/mol. The lowest BCUT2D eigenvalue weighted by molar-refractivity contribution is -0.147. The van der Waals surface area contributed by atoms with Gasteiger partial charge in [-0.15, -0.1) is 0 Å². The van der Waals surface area contributed by atoms with E-state index in [-0.39, 0.29) is 12.0 Å². The molecule has 2 saturated heterocycles. The molecule has 1 N–H and O–H groups in total. The van der Waals surface area contributed by atoms with Gasteiger partial charge in [0.05, 0.1) is 11.6 Å². The van der Waals surface area contributed by atoms with E-state index in [4.69, 9.17) is 4.74 Å². The second-order valence-electron chi connectivity index (χ2n) is 6.27. The predicted octanol–water partition coefficient (Wildman–Crippen LogP) is 0.698. The zero-order valence-corrected chi connectivity index (χ0v) is 13.2. The summed E-state index contributed by atoms with van der Waals surface area (Å²) >= 11 is 0. The molecule has 1 amide bonds. The SMILES string of the molecule is CCOC1CCCN(C(=O)C(C)(C)N2CCNCC2)C1. The average molecular weight is 283 g/mol. The smallest absolute Gasteiger partial charge is 0.242 e. The Morgan fingerprint density at radius 2 is 2.00 bits per heavy atom. The molecular formula is C15H29N3O2. The minimum atomic E-state index is -0.407. The van der Waals surface area contributed by atoms with Crippen molar-refractivity contribution < 1.29 is 9.53 Å². The third-order valence-corrected chi connectivity index (χ3v) is 4.50. The van der Waals surface area contributed by atoms with E-state index in [0.717, 1.165) is 58.7 Å². The molecule has 2 rings (SSSR count). The Morgan fingerprint density at radius 3 is 2.65 bits per heavy atom. The van der Waals surface area contributed by atoms with E-state index in [0.29, 0.717) is 0 Å². The maximum Gasteiger partial charge on any atom is 0.242 e. The summed E-state index contributed by atoms with van der Waals surface area (Å²) in [5.74, 6) is 0.254. The van der Waals surface area contributed by atoms with Crippen molar-refractivity contribution >= 4 is 5.91 Å². The van der Waals surface area contributed by atoms with Gasteiger partial charge in [-0.25, -0.2) is 0 Å². The molecule has 0 aromatic heterocycles. The van der Waals surface area contributed by atoms with Crippen LogP contribution in [0.4, 0.5) is 0 Å². The zero-order chi connectivity index (χ0) is 14.6. The molecule has 5 nitrogen and oxygen atoms in total. The molecule has 20 heavy (non-hydrogen) atoms.